The monoisotopic (exact) mass is 323 g/mol. The fourth-order valence-corrected chi connectivity index (χ4v) is 2.37. The van der Waals surface area contributed by atoms with Gasteiger partial charge < -0.3 is 10.4 Å². The number of benzene rings is 1. The van der Waals surface area contributed by atoms with Crippen molar-refractivity contribution in [3.05, 3.63) is 89.8 Å². The summed E-state index contributed by atoms with van der Waals surface area (Å²) in [5.41, 5.74) is 2.40. The van der Waals surface area contributed by atoms with E-state index in [1.807, 2.05) is 12.1 Å². The largest absolute Gasteiger partial charge is 0.478 e. The van der Waals surface area contributed by atoms with Gasteiger partial charge in [0, 0.05) is 18.6 Å². The van der Waals surface area contributed by atoms with E-state index >= 15 is 0 Å². The summed E-state index contributed by atoms with van der Waals surface area (Å²) in [6.45, 7) is 0. The molecule has 3 aromatic rings. The van der Waals surface area contributed by atoms with E-state index in [0.29, 0.717) is 5.69 Å². The summed E-state index contributed by atoms with van der Waals surface area (Å²) in [6, 6.07) is 11.0. The van der Waals surface area contributed by atoms with Crippen LogP contribution in [0.2, 0.25) is 0 Å². The van der Waals surface area contributed by atoms with Gasteiger partial charge in [0.1, 0.15) is 5.82 Å². The van der Waals surface area contributed by atoms with Crippen LogP contribution in [0.3, 0.4) is 0 Å². The zero-order valence-corrected chi connectivity index (χ0v) is 12.6. The molecule has 24 heavy (non-hydrogen) atoms. The molecule has 3 rings (SSSR count). The maximum absolute atomic E-state index is 13.2. The van der Waals surface area contributed by atoms with Crippen LogP contribution in [0.25, 0.3) is 0 Å². The lowest BCUT2D eigenvalue weighted by Gasteiger charge is -2.21. The van der Waals surface area contributed by atoms with Crippen molar-refractivity contribution in [1.82, 2.24) is 9.97 Å². The van der Waals surface area contributed by atoms with E-state index in [0.717, 1.165) is 11.1 Å². The predicted molar refractivity (Wildman–Crippen MR) is 87.3 cm³/mol. The highest BCUT2D eigenvalue weighted by Gasteiger charge is 2.15. The Hall–Kier alpha value is -3.28. The smallest absolute Gasteiger partial charge is 0.337 e. The van der Waals surface area contributed by atoms with Crippen molar-refractivity contribution < 1.29 is 14.3 Å². The van der Waals surface area contributed by atoms with Crippen molar-refractivity contribution in [3.63, 3.8) is 0 Å². The van der Waals surface area contributed by atoms with Crippen LogP contribution in [-0.4, -0.2) is 21.0 Å². The topological polar surface area (TPSA) is 75.1 Å². The summed E-state index contributed by atoms with van der Waals surface area (Å²) >= 11 is 0. The number of nitrogens with one attached hydrogen (secondary N) is 1. The molecule has 1 aromatic carbocycles. The molecular formula is C18H14FN3O2. The first-order chi connectivity index (χ1) is 11.6. The Balaban J connectivity index is 1.98. The fourth-order valence-electron chi connectivity index (χ4n) is 2.37. The molecule has 120 valence electrons. The highest BCUT2D eigenvalue weighted by atomic mass is 19.1. The number of nitrogens with zero attached hydrogens (tertiary/aromatic N) is 2. The minimum Gasteiger partial charge on any atom is -0.478 e. The molecule has 0 fully saturated rings. The lowest BCUT2D eigenvalue weighted by atomic mass is 9.99. The Morgan fingerprint density at radius 2 is 1.67 bits per heavy atom. The molecule has 2 aromatic heterocycles. The first kappa shape index (κ1) is 15.6. The van der Waals surface area contributed by atoms with Crippen LogP contribution in [0, 0.1) is 5.82 Å². The number of carbonyl (C=O) groups is 1. The van der Waals surface area contributed by atoms with Crippen LogP contribution in [0.4, 0.5) is 10.1 Å². The summed E-state index contributed by atoms with van der Waals surface area (Å²) in [6.07, 6.45) is 6.16. The number of anilines is 1. The van der Waals surface area contributed by atoms with E-state index in [4.69, 9.17) is 5.11 Å². The van der Waals surface area contributed by atoms with Gasteiger partial charge in [0.05, 0.1) is 23.5 Å². The Kier molecular flexibility index (Phi) is 4.47. The number of carboxylic acid groups (broad SMARTS) is 1. The van der Waals surface area contributed by atoms with Gasteiger partial charge in [-0.05, 0) is 41.5 Å². The SMILES string of the molecule is O=C(O)c1cncc(NC(c2ccncc2)c2ccc(F)cc2)c1. The van der Waals surface area contributed by atoms with Gasteiger partial charge in [-0.3, -0.25) is 9.97 Å². The Bertz CT molecular complexity index is 838. The molecule has 0 aliphatic heterocycles. The molecule has 0 saturated heterocycles. The van der Waals surface area contributed by atoms with Crippen LogP contribution < -0.4 is 5.32 Å². The van der Waals surface area contributed by atoms with Gasteiger partial charge in [-0.2, -0.15) is 0 Å². The Morgan fingerprint density at radius 1 is 1.00 bits per heavy atom. The van der Waals surface area contributed by atoms with Crippen molar-refractivity contribution in [2.24, 2.45) is 0 Å². The quantitative estimate of drug-likeness (QED) is 0.751. The summed E-state index contributed by atoms with van der Waals surface area (Å²) in [5.74, 6) is -1.37. The lowest BCUT2D eigenvalue weighted by molar-refractivity contribution is 0.0696. The van der Waals surface area contributed by atoms with Crippen LogP contribution in [0.15, 0.2) is 67.3 Å². The number of pyridine rings is 2. The van der Waals surface area contributed by atoms with Crippen molar-refractivity contribution in [2.45, 2.75) is 6.04 Å². The molecule has 0 radical (unpaired) electrons. The molecule has 0 aliphatic carbocycles. The van der Waals surface area contributed by atoms with E-state index < -0.39 is 5.97 Å². The minimum absolute atomic E-state index is 0.0904. The average Bonchev–Trinajstić information content (AvgIpc) is 2.61. The zero-order chi connectivity index (χ0) is 16.9. The normalized spacial score (nSPS) is 11.7. The van der Waals surface area contributed by atoms with Gasteiger partial charge in [-0.1, -0.05) is 12.1 Å². The molecule has 2 N–H and O–H groups in total. The number of hydrogen-bond donors (Lipinski definition) is 2. The van der Waals surface area contributed by atoms with Crippen molar-refractivity contribution in [2.75, 3.05) is 5.32 Å². The predicted octanol–water partition coefficient (Wildman–Crippen LogP) is 3.52. The Morgan fingerprint density at radius 3 is 2.33 bits per heavy atom. The van der Waals surface area contributed by atoms with Crippen molar-refractivity contribution in [1.29, 1.82) is 0 Å². The van der Waals surface area contributed by atoms with Crippen LogP contribution in [-0.2, 0) is 0 Å². The molecule has 5 nitrogen and oxygen atoms in total. The molecule has 2 heterocycles. The van der Waals surface area contributed by atoms with Gasteiger partial charge in [0.25, 0.3) is 0 Å². The molecule has 0 bridgehead atoms. The first-order valence-electron chi connectivity index (χ1n) is 7.24. The average molecular weight is 323 g/mol. The standard InChI is InChI=1S/C18H14FN3O2/c19-15-3-1-12(2-4-15)17(13-5-7-20-8-6-13)22-16-9-14(18(23)24)10-21-11-16/h1-11,17,22H,(H,23,24). The van der Waals surface area contributed by atoms with Gasteiger partial charge >= 0.3 is 5.97 Å². The van der Waals surface area contributed by atoms with E-state index in [1.54, 1.807) is 30.7 Å². The van der Waals surface area contributed by atoms with Crippen molar-refractivity contribution >= 4 is 11.7 Å². The summed E-state index contributed by atoms with van der Waals surface area (Å²) in [7, 11) is 0. The van der Waals surface area contributed by atoms with Gasteiger partial charge in [0.15, 0.2) is 0 Å². The number of hydrogen-bond acceptors (Lipinski definition) is 4. The van der Waals surface area contributed by atoms with E-state index in [9.17, 15) is 9.18 Å². The Labute approximate surface area is 137 Å². The first-order valence-corrected chi connectivity index (χ1v) is 7.24. The second-order valence-corrected chi connectivity index (χ2v) is 5.18. The highest BCUT2D eigenvalue weighted by molar-refractivity contribution is 5.88. The number of carboxylic acids is 1. The van der Waals surface area contributed by atoms with E-state index in [-0.39, 0.29) is 17.4 Å². The molecule has 1 atom stereocenters. The van der Waals surface area contributed by atoms with E-state index in [2.05, 4.69) is 15.3 Å². The minimum atomic E-state index is -1.05. The summed E-state index contributed by atoms with van der Waals surface area (Å²) in [5, 5.41) is 12.3. The third-order valence-electron chi connectivity index (χ3n) is 3.54. The number of halogens is 1. The maximum atomic E-state index is 13.2. The van der Waals surface area contributed by atoms with Gasteiger partial charge in [-0.15, -0.1) is 0 Å². The zero-order valence-electron chi connectivity index (χ0n) is 12.6. The second kappa shape index (κ2) is 6.87. The van der Waals surface area contributed by atoms with Crippen LogP contribution in [0.5, 0.6) is 0 Å². The molecule has 0 amide bonds. The van der Waals surface area contributed by atoms with Crippen molar-refractivity contribution in [3.8, 4) is 0 Å². The van der Waals surface area contributed by atoms with Gasteiger partial charge in [-0.25, -0.2) is 9.18 Å². The molecule has 0 aliphatic rings. The van der Waals surface area contributed by atoms with E-state index in [1.165, 1.54) is 24.4 Å². The summed E-state index contributed by atoms with van der Waals surface area (Å²) in [4.78, 5) is 19.0. The van der Waals surface area contributed by atoms with Crippen LogP contribution in [0.1, 0.15) is 27.5 Å². The van der Waals surface area contributed by atoms with Crippen LogP contribution >= 0.6 is 0 Å². The highest BCUT2D eigenvalue weighted by Crippen LogP contribution is 2.26. The maximum Gasteiger partial charge on any atom is 0.337 e. The molecular weight excluding hydrogens is 309 g/mol. The molecule has 6 heteroatoms. The van der Waals surface area contributed by atoms with Gasteiger partial charge in [0.2, 0.25) is 0 Å². The molecule has 0 spiro atoms. The molecule has 1 unspecified atom stereocenters. The number of aromatic carboxylic acids is 1. The fraction of sp³-hybridized carbons (Fsp3) is 0.0556. The third kappa shape index (κ3) is 3.55. The number of aromatic nitrogens is 2. The number of rotatable bonds is 5. The lowest BCUT2D eigenvalue weighted by Crippen LogP contribution is -2.13. The third-order valence-corrected chi connectivity index (χ3v) is 3.54. The summed E-state index contributed by atoms with van der Waals surface area (Å²) < 4.78 is 13.2. The second-order valence-electron chi connectivity index (χ2n) is 5.18. The molecule has 0 saturated carbocycles.